The third-order valence-electron chi connectivity index (χ3n) is 2.38. The van der Waals surface area contributed by atoms with E-state index in [1.54, 1.807) is 6.08 Å². The maximum atomic E-state index is 11.7. The van der Waals surface area contributed by atoms with Crippen molar-refractivity contribution in [1.82, 2.24) is 0 Å². The second-order valence-corrected chi connectivity index (χ2v) is 5.19. The summed E-state index contributed by atoms with van der Waals surface area (Å²) in [5, 5.41) is 0. The topological polar surface area (TPSA) is 34.1 Å². The van der Waals surface area contributed by atoms with Crippen molar-refractivity contribution in [2.24, 2.45) is 11.3 Å². The molecular weight excluding hydrogens is 176 g/mol. The summed E-state index contributed by atoms with van der Waals surface area (Å²) < 4.78 is 0. The molecule has 0 aromatic carbocycles. The maximum Gasteiger partial charge on any atom is 0.166 e. The molecule has 0 radical (unpaired) electrons. The molecule has 1 aliphatic carbocycles. The molecule has 1 aliphatic rings. The summed E-state index contributed by atoms with van der Waals surface area (Å²) in [6.07, 6.45) is 2.79. The maximum absolute atomic E-state index is 11.7. The minimum Gasteiger partial charge on any atom is -0.294 e. The van der Waals surface area contributed by atoms with E-state index in [-0.39, 0.29) is 22.9 Å². The molecule has 2 heteroatoms. The Morgan fingerprint density at radius 2 is 1.57 bits per heavy atom. The minimum absolute atomic E-state index is 0.0138. The van der Waals surface area contributed by atoms with Crippen LogP contribution in [0.4, 0.5) is 0 Å². The van der Waals surface area contributed by atoms with Crippen LogP contribution < -0.4 is 0 Å². The second kappa shape index (κ2) is 3.68. The number of Topliss-reactive ketones (excluding diaryl/α,β-unsaturated/α-hetero) is 2. The molecule has 1 rings (SSSR count). The van der Waals surface area contributed by atoms with Gasteiger partial charge in [0.2, 0.25) is 0 Å². The molecule has 0 spiro atoms. The zero-order valence-electron chi connectivity index (χ0n) is 9.39. The van der Waals surface area contributed by atoms with Crippen LogP contribution in [-0.2, 0) is 9.59 Å². The van der Waals surface area contributed by atoms with E-state index in [9.17, 15) is 9.59 Å². The number of rotatable bonds is 1. The van der Waals surface area contributed by atoms with Crippen molar-refractivity contribution in [3.63, 3.8) is 0 Å². The van der Waals surface area contributed by atoms with Gasteiger partial charge in [0, 0.05) is 12.8 Å². The molecule has 1 saturated carbocycles. The summed E-state index contributed by atoms with van der Waals surface area (Å²) in [6.45, 7) is 7.89. The van der Waals surface area contributed by atoms with E-state index in [4.69, 9.17) is 0 Å². The molecule has 14 heavy (non-hydrogen) atoms. The number of allylic oxidation sites excluding steroid dienone is 2. The van der Waals surface area contributed by atoms with Crippen LogP contribution in [0.15, 0.2) is 11.6 Å². The van der Waals surface area contributed by atoms with Gasteiger partial charge in [-0.25, -0.2) is 0 Å². The lowest BCUT2D eigenvalue weighted by molar-refractivity contribution is -0.127. The fourth-order valence-corrected chi connectivity index (χ4v) is 1.80. The molecule has 0 bridgehead atoms. The molecule has 0 aromatic heterocycles. The fraction of sp³-hybridized carbons (Fsp3) is 0.667. The summed E-state index contributed by atoms with van der Waals surface area (Å²) in [7, 11) is 0. The number of carbonyl (C=O) groups is 2. The van der Waals surface area contributed by atoms with Crippen LogP contribution >= 0.6 is 0 Å². The van der Waals surface area contributed by atoms with Crippen molar-refractivity contribution < 1.29 is 9.59 Å². The number of hydrogen-bond donors (Lipinski definition) is 0. The lowest BCUT2D eigenvalue weighted by Gasteiger charge is -2.28. The molecule has 0 saturated heterocycles. The van der Waals surface area contributed by atoms with Gasteiger partial charge in [0.05, 0.1) is 5.57 Å². The van der Waals surface area contributed by atoms with Gasteiger partial charge in [0.25, 0.3) is 0 Å². The van der Waals surface area contributed by atoms with E-state index in [0.717, 1.165) is 0 Å². The minimum atomic E-state index is -0.150. The first kappa shape index (κ1) is 11.2. The SMILES string of the molecule is CC(C)C=C1C(=O)CC(C)(C)CC1=O. The van der Waals surface area contributed by atoms with Crippen LogP contribution in [0, 0.1) is 11.3 Å². The summed E-state index contributed by atoms with van der Waals surface area (Å²) >= 11 is 0. The van der Waals surface area contributed by atoms with Crippen molar-refractivity contribution in [3.05, 3.63) is 11.6 Å². The molecule has 0 atom stereocenters. The standard InChI is InChI=1S/C12H18O2/c1-8(2)5-9-10(13)6-12(3,4)7-11(9)14/h5,8H,6-7H2,1-4H3. The first-order valence-corrected chi connectivity index (χ1v) is 5.10. The number of hydrogen-bond acceptors (Lipinski definition) is 2. The summed E-state index contributed by atoms with van der Waals surface area (Å²) in [5.74, 6) is 0.291. The fourth-order valence-electron chi connectivity index (χ4n) is 1.80. The van der Waals surface area contributed by atoms with Gasteiger partial charge < -0.3 is 0 Å². The van der Waals surface area contributed by atoms with Crippen molar-refractivity contribution in [3.8, 4) is 0 Å². The zero-order chi connectivity index (χ0) is 10.9. The lowest BCUT2D eigenvalue weighted by atomic mass is 9.73. The van der Waals surface area contributed by atoms with Crippen LogP contribution in [0.1, 0.15) is 40.5 Å². The van der Waals surface area contributed by atoms with Crippen molar-refractivity contribution in [1.29, 1.82) is 0 Å². The lowest BCUT2D eigenvalue weighted by Crippen LogP contribution is -2.31. The van der Waals surface area contributed by atoms with Crippen molar-refractivity contribution in [2.45, 2.75) is 40.5 Å². The van der Waals surface area contributed by atoms with E-state index in [1.807, 2.05) is 27.7 Å². The molecule has 78 valence electrons. The zero-order valence-corrected chi connectivity index (χ0v) is 9.39. The van der Waals surface area contributed by atoms with Gasteiger partial charge in [0.15, 0.2) is 11.6 Å². The van der Waals surface area contributed by atoms with Gasteiger partial charge in [-0.15, -0.1) is 0 Å². The quantitative estimate of drug-likeness (QED) is 0.475. The molecule has 2 nitrogen and oxygen atoms in total. The Morgan fingerprint density at radius 3 is 1.93 bits per heavy atom. The Bertz CT molecular complexity index is 273. The number of carbonyl (C=O) groups excluding carboxylic acids is 2. The largest absolute Gasteiger partial charge is 0.294 e. The van der Waals surface area contributed by atoms with Crippen molar-refractivity contribution >= 4 is 11.6 Å². The molecule has 0 N–H and O–H groups in total. The highest BCUT2D eigenvalue weighted by Crippen LogP contribution is 2.33. The Balaban J connectivity index is 2.92. The van der Waals surface area contributed by atoms with Crippen LogP contribution in [0.25, 0.3) is 0 Å². The van der Waals surface area contributed by atoms with E-state index >= 15 is 0 Å². The van der Waals surface area contributed by atoms with E-state index in [0.29, 0.717) is 18.4 Å². The monoisotopic (exact) mass is 194 g/mol. The average Bonchev–Trinajstić information content (AvgIpc) is 1.94. The van der Waals surface area contributed by atoms with Gasteiger partial charge in [0.1, 0.15) is 0 Å². The Labute approximate surface area is 85.4 Å². The highest BCUT2D eigenvalue weighted by Gasteiger charge is 2.35. The molecule has 0 aromatic rings. The summed E-state index contributed by atoms with van der Waals surface area (Å²) in [6, 6.07) is 0. The third kappa shape index (κ3) is 2.53. The molecule has 0 amide bonds. The van der Waals surface area contributed by atoms with Gasteiger partial charge >= 0.3 is 0 Å². The first-order valence-electron chi connectivity index (χ1n) is 5.10. The molecule has 0 heterocycles. The van der Waals surface area contributed by atoms with Crippen LogP contribution in [-0.4, -0.2) is 11.6 Å². The Hall–Kier alpha value is -0.920. The predicted molar refractivity (Wildman–Crippen MR) is 56.0 cm³/mol. The van der Waals surface area contributed by atoms with Gasteiger partial charge in [-0.1, -0.05) is 33.8 Å². The molecule has 0 aliphatic heterocycles. The molecular formula is C12H18O2. The van der Waals surface area contributed by atoms with E-state index in [2.05, 4.69) is 0 Å². The normalized spacial score (nSPS) is 21.6. The van der Waals surface area contributed by atoms with Crippen molar-refractivity contribution in [2.75, 3.05) is 0 Å². The number of ketones is 2. The van der Waals surface area contributed by atoms with Crippen LogP contribution in [0.3, 0.4) is 0 Å². The van der Waals surface area contributed by atoms with Gasteiger partial charge in [-0.3, -0.25) is 9.59 Å². The van der Waals surface area contributed by atoms with Crippen LogP contribution in [0.5, 0.6) is 0 Å². The molecule has 0 unspecified atom stereocenters. The highest BCUT2D eigenvalue weighted by molar-refractivity contribution is 6.22. The summed E-state index contributed by atoms with van der Waals surface area (Å²) in [4.78, 5) is 23.3. The molecule has 1 fully saturated rings. The van der Waals surface area contributed by atoms with E-state index < -0.39 is 0 Å². The second-order valence-electron chi connectivity index (χ2n) is 5.19. The smallest absolute Gasteiger partial charge is 0.166 e. The van der Waals surface area contributed by atoms with Gasteiger partial charge in [-0.05, 0) is 11.3 Å². The van der Waals surface area contributed by atoms with Gasteiger partial charge in [-0.2, -0.15) is 0 Å². The Kier molecular flexibility index (Phi) is 2.93. The average molecular weight is 194 g/mol. The van der Waals surface area contributed by atoms with Crippen LogP contribution in [0.2, 0.25) is 0 Å². The third-order valence-corrected chi connectivity index (χ3v) is 2.38. The first-order chi connectivity index (χ1) is 6.32. The predicted octanol–water partition coefficient (Wildman–Crippen LogP) is 2.53. The summed E-state index contributed by atoms with van der Waals surface area (Å²) in [5.41, 5.74) is 0.280. The Morgan fingerprint density at radius 1 is 1.14 bits per heavy atom. The van der Waals surface area contributed by atoms with E-state index in [1.165, 1.54) is 0 Å². The highest BCUT2D eigenvalue weighted by atomic mass is 16.1.